The first-order valence-electron chi connectivity index (χ1n) is 5.41. The second-order valence-electron chi connectivity index (χ2n) is 3.86. The highest BCUT2D eigenvalue weighted by atomic mass is 35.5. The van der Waals surface area contributed by atoms with E-state index < -0.39 is 22.8 Å². The molecule has 0 atom stereocenters. The molecular formula is C12H8ClFN2O4. The lowest BCUT2D eigenvalue weighted by molar-refractivity contribution is -0.106. The molecule has 2 aromatic rings. The minimum Gasteiger partial charge on any atom is -0.477 e. The van der Waals surface area contributed by atoms with Gasteiger partial charge in [0.15, 0.2) is 0 Å². The maximum atomic E-state index is 13.4. The third-order valence-electron chi connectivity index (χ3n) is 2.62. The second kappa shape index (κ2) is 5.30. The highest BCUT2D eigenvalue weighted by Gasteiger charge is 2.16. The molecule has 0 unspecified atom stereocenters. The van der Waals surface area contributed by atoms with Gasteiger partial charge in [-0.2, -0.15) is 0 Å². The van der Waals surface area contributed by atoms with Gasteiger partial charge in [0.05, 0.1) is 22.5 Å². The van der Waals surface area contributed by atoms with Crippen LogP contribution in [0.25, 0.3) is 10.9 Å². The van der Waals surface area contributed by atoms with Gasteiger partial charge in [-0.15, -0.1) is 0 Å². The average molecular weight is 299 g/mol. The Kier molecular flexibility index (Phi) is 3.71. The van der Waals surface area contributed by atoms with Gasteiger partial charge in [0.25, 0.3) is 0 Å². The van der Waals surface area contributed by atoms with Crippen LogP contribution in [0.3, 0.4) is 0 Å². The number of aldehydes is 1. The Morgan fingerprint density at radius 1 is 1.50 bits per heavy atom. The summed E-state index contributed by atoms with van der Waals surface area (Å²) in [4.78, 5) is 33.4. The zero-order chi connectivity index (χ0) is 14.9. The zero-order valence-electron chi connectivity index (χ0n) is 9.89. The van der Waals surface area contributed by atoms with Gasteiger partial charge in [-0.05, 0) is 12.1 Å². The summed E-state index contributed by atoms with van der Waals surface area (Å²) < 4.78 is 14.6. The summed E-state index contributed by atoms with van der Waals surface area (Å²) in [6.07, 6.45) is 1.57. The molecule has 1 heterocycles. The van der Waals surface area contributed by atoms with Gasteiger partial charge in [-0.25, -0.2) is 9.18 Å². The fraction of sp³-hybridized carbons (Fsp3) is 0.0833. The molecule has 0 saturated carbocycles. The van der Waals surface area contributed by atoms with Gasteiger partial charge in [-0.3, -0.25) is 9.47 Å². The van der Waals surface area contributed by atoms with Crippen LogP contribution in [0.5, 0.6) is 0 Å². The average Bonchev–Trinajstić information content (AvgIpc) is 2.40. The second-order valence-corrected chi connectivity index (χ2v) is 4.27. The summed E-state index contributed by atoms with van der Waals surface area (Å²) in [6, 6.07) is 2.04. The zero-order valence-corrected chi connectivity index (χ0v) is 10.6. The number of carboxylic acid groups (broad SMARTS) is 1. The van der Waals surface area contributed by atoms with Gasteiger partial charge < -0.3 is 15.3 Å². The third kappa shape index (κ3) is 2.35. The van der Waals surface area contributed by atoms with Gasteiger partial charge in [-0.1, -0.05) is 11.6 Å². The number of hydrogen-bond donors (Lipinski definition) is 2. The number of benzene rings is 1. The molecular weight excluding hydrogens is 291 g/mol. The van der Waals surface area contributed by atoms with Crippen molar-refractivity contribution >= 4 is 34.8 Å². The number of aromatic carboxylic acids is 1. The minimum absolute atomic E-state index is 0.119. The summed E-state index contributed by atoms with van der Waals surface area (Å²) in [5.41, 5.74) is 1.38. The van der Waals surface area contributed by atoms with Crippen molar-refractivity contribution in [2.24, 2.45) is 0 Å². The Balaban J connectivity index is 2.85. The normalized spacial score (nSPS) is 10.5. The third-order valence-corrected chi connectivity index (χ3v) is 2.91. The monoisotopic (exact) mass is 298 g/mol. The molecule has 2 rings (SSSR count). The Morgan fingerprint density at radius 3 is 2.80 bits per heavy atom. The van der Waals surface area contributed by atoms with E-state index in [0.717, 1.165) is 16.9 Å². The molecule has 0 aliphatic rings. The maximum absolute atomic E-state index is 13.4. The predicted molar refractivity (Wildman–Crippen MR) is 70.4 cm³/mol. The van der Waals surface area contributed by atoms with E-state index >= 15 is 0 Å². The molecule has 104 valence electrons. The molecule has 0 saturated heterocycles. The number of aromatic nitrogens is 1. The number of nitrogens with zero attached hydrogens (tertiary/aromatic N) is 1. The summed E-state index contributed by atoms with van der Waals surface area (Å²) in [6.45, 7) is -0.119. The van der Waals surface area contributed by atoms with Crippen LogP contribution in [-0.2, 0) is 4.79 Å². The van der Waals surface area contributed by atoms with Crippen molar-refractivity contribution in [2.75, 3.05) is 12.0 Å². The largest absolute Gasteiger partial charge is 0.477 e. The Morgan fingerprint density at radius 2 is 2.20 bits per heavy atom. The van der Waals surface area contributed by atoms with Crippen LogP contribution < -0.4 is 10.9 Å². The number of carboxylic acids is 1. The van der Waals surface area contributed by atoms with Crippen molar-refractivity contribution in [3.63, 3.8) is 0 Å². The first kappa shape index (κ1) is 14.0. The quantitative estimate of drug-likeness (QED) is 0.829. The number of hydrogen-bond acceptors (Lipinski definition) is 4. The smallest absolute Gasteiger partial charge is 0.341 e. The fourth-order valence-electron chi connectivity index (χ4n) is 1.74. The SMILES string of the molecule is O=CCNn1cc(C(=O)O)c(=O)c2cc(F)c(Cl)cc21. The predicted octanol–water partition coefficient (Wildman–Crippen LogP) is 1.23. The molecule has 0 fully saturated rings. The summed E-state index contributed by atoms with van der Waals surface area (Å²) in [5, 5.41) is 8.60. The van der Waals surface area contributed by atoms with E-state index in [1.807, 2.05) is 0 Å². The first-order valence-corrected chi connectivity index (χ1v) is 5.78. The van der Waals surface area contributed by atoms with Crippen molar-refractivity contribution in [3.8, 4) is 0 Å². The van der Waals surface area contributed by atoms with Crippen molar-refractivity contribution < 1.29 is 19.1 Å². The number of carbonyl (C=O) groups excluding carboxylic acids is 1. The van der Waals surface area contributed by atoms with E-state index in [4.69, 9.17) is 16.7 Å². The highest BCUT2D eigenvalue weighted by Crippen LogP contribution is 2.21. The fourth-order valence-corrected chi connectivity index (χ4v) is 1.90. The molecule has 0 amide bonds. The van der Waals surface area contributed by atoms with Crippen LogP contribution in [0.2, 0.25) is 5.02 Å². The summed E-state index contributed by atoms with van der Waals surface area (Å²) in [5.74, 6) is -2.28. The lowest BCUT2D eigenvalue weighted by atomic mass is 10.1. The lowest BCUT2D eigenvalue weighted by Crippen LogP contribution is -2.24. The standard InChI is InChI=1S/C12H8ClFN2O4/c13-8-4-10-6(3-9(8)14)11(18)7(12(19)20)5-16(10)15-1-2-17/h2-5,15H,1H2,(H,19,20). The van der Waals surface area contributed by atoms with E-state index in [1.54, 1.807) is 0 Å². The van der Waals surface area contributed by atoms with Crippen molar-refractivity contribution in [1.82, 2.24) is 4.68 Å². The molecule has 1 aromatic heterocycles. The molecule has 0 aliphatic heterocycles. The van der Waals surface area contributed by atoms with Gasteiger partial charge in [0, 0.05) is 6.20 Å². The van der Waals surface area contributed by atoms with Crippen LogP contribution in [0, 0.1) is 5.82 Å². The van der Waals surface area contributed by atoms with Crippen LogP contribution >= 0.6 is 11.6 Å². The molecule has 0 radical (unpaired) electrons. The van der Waals surface area contributed by atoms with Crippen molar-refractivity contribution in [3.05, 3.63) is 45.0 Å². The molecule has 2 N–H and O–H groups in total. The lowest BCUT2D eigenvalue weighted by Gasteiger charge is -2.13. The minimum atomic E-state index is -1.45. The van der Waals surface area contributed by atoms with E-state index in [2.05, 4.69) is 5.43 Å². The van der Waals surface area contributed by atoms with E-state index in [0.29, 0.717) is 6.29 Å². The highest BCUT2D eigenvalue weighted by molar-refractivity contribution is 6.31. The van der Waals surface area contributed by atoms with E-state index in [9.17, 15) is 18.8 Å². The Bertz CT molecular complexity index is 772. The summed E-state index contributed by atoms with van der Waals surface area (Å²) >= 11 is 5.64. The maximum Gasteiger partial charge on any atom is 0.341 e. The van der Waals surface area contributed by atoms with E-state index in [1.165, 1.54) is 6.07 Å². The van der Waals surface area contributed by atoms with Gasteiger partial charge >= 0.3 is 5.97 Å². The number of carbonyl (C=O) groups is 2. The van der Waals surface area contributed by atoms with Crippen LogP contribution in [-0.4, -0.2) is 28.6 Å². The molecule has 0 aliphatic carbocycles. The first-order chi connectivity index (χ1) is 9.45. The van der Waals surface area contributed by atoms with Crippen molar-refractivity contribution in [2.45, 2.75) is 0 Å². The van der Waals surface area contributed by atoms with Crippen LogP contribution in [0.1, 0.15) is 10.4 Å². The Hall–Kier alpha value is -2.41. The molecule has 0 spiro atoms. The number of fused-ring (bicyclic) bond motifs is 1. The van der Waals surface area contributed by atoms with Crippen LogP contribution in [0.15, 0.2) is 23.1 Å². The van der Waals surface area contributed by atoms with Crippen LogP contribution in [0.4, 0.5) is 4.39 Å². The summed E-state index contributed by atoms with van der Waals surface area (Å²) in [7, 11) is 0. The molecule has 20 heavy (non-hydrogen) atoms. The van der Waals surface area contributed by atoms with Crippen molar-refractivity contribution in [1.29, 1.82) is 0 Å². The number of rotatable bonds is 4. The van der Waals surface area contributed by atoms with Gasteiger partial charge in [0.1, 0.15) is 17.7 Å². The topological polar surface area (TPSA) is 88.4 Å². The number of halogens is 2. The molecule has 1 aromatic carbocycles. The van der Waals surface area contributed by atoms with E-state index in [-0.39, 0.29) is 22.5 Å². The molecule has 6 nitrogen and oxygen atoms in total. The molecule has 8 heteroatoms. The molecule has 0 bridgehead atoms. The Labute approximate surface area is 116 Å². The number of pyridine rings is 1. The number of nitrogens with one attached hydrogen (secondary N) is 1. The van der Waals surface area contributed by atoms with Gasteiger partial charge in [0.2, 0.25) is 5.43 Å².